The van der Waals surface area contributed by atoms with E-state index in [0.717, 1.165) is 18.7 Å². The zero-order valence-electron chi connectivity index (χ0n) is 34.2. The summed E-state index contributed by atoms with van der Waals surface area (Å²) in [5, 5.41) is 13.5. The molecule has 3 N–H and O–H groups in total. The van der Waals surface area contributed by atoms with Gasteiger partial charge in [0.25, 0.3) is 11.8 Å². The largest absolute Gasteiger partial charge is 0.491 e. The summed E-state index contributed by atoms with van der Waals surface area (Å²) in [6.45, 7) is 7.95. The molecule has 0 bridgehead atoms. The molecule has 0 radical (unpaired) electrons. The van der Waals surface area contributed by atoms with Gasteiger partial charge in [-0.1, -0.05) is 32.4 Å². The lowest BCUT2D eigenvalue weighted by molar-refractivity contribution is -0.157. The van der Waals surface area contributed by atoms with Crippen molar-refractivity contribution in [2.75, 3.05) is 13.2 Å². The number of nitrogens with zero attached hydrogens (tertiary/aromatic N) is 3. The zero-order chi connectivity index (χ0) is 43.2. The van der Waals surface area contributed by atoms with E-state index in [9.17, 15) is 27.9 Å². The number of fused-ring (bicyclic) bond motifs is 3. The fraction of sp³-hybridized carbons (Fsp3) is 0.634. The first-order valence-electron chi connectivity index (χ1n) is 20.3. The highest BCUT2D eigenvalue weighted by atomic mass is 32.2. The first kappa shape index (κ1) is 44.0. The maximum Gasteiger partial charge on any atom is 0.408 e. The Morgan fingerprint density at radius 2 is 1.85 bits per heavy atom. The fourth-order valence-electron chi connectivity index (χ4n) is 8.41. The number of alkyl halides is 2. The number of allylic oxidation sites excluding steroid dienone is 1. The minimum absolute atomic E-state index is 0.0108. The number of hydrogen-bond acceptors (Lipinski definition) is 9. The van der Waals surface area contributed by atoms with Crippen LogP contribution in [0.3, 0.4) is 0 Å². The fourth-order valence-corrected chi connectivity index (χ4v) is 9.78. The molecule has 2 aliphatic heterocycles. The molecule has 1 aromatic heterocycles. The van der Waals surface area contributed by atoms with Gasteiger partial charge in [0.15, 0.2) is 11.6 Å². The summed E-state index contributed by atoms with van der Waals surface area (Å²) in [7, 11) is -4.02. The minimum Gasteiger partial charge on any atom is -0.491 e. The van der Waals surface area contributed by atoms with Gasteiger partial charge in [0.05, 0.1) is 18.4 Å². The van der Waals surface area contributed by atoms with Crippen LogP contribution in [0.15, 0.2) is 36.5 Å². The van der Waals surface area contributed by atoms with Gasteiger partial charge in [0.1, 0.15) is 29.3 Å². The van der Waals surface area contributed by atoms with Crippen LogP contribution in [0, 0.1) is 23.6 Å². The van der Waals surface area contributed by atoms with Gasteiger partial charge in [-0.25, -0.2) is 31.4 Å². The van der Waals surface area contributed by atoms with E-state index in [2.05, 4.69) is 15.0 Å². The Balaban J connectivity index is 1.44. The predicted molar refractivity (Wildman–Crippen MR) is 211 cm³/mol. The van der Waals surface area contributed by atoms with Crippen molar-refractivity contribution < 1.29 is 55.3 Å². The van der Waals surface area contributed by atoms with Gasteiger partial charge in [0, 0.05) is 30.8 Å². The monoisotopic (exact) mass is 849 g/mol. The van der Waals surface area contributed by atoms with Gasteiger partial charge in [-0.05, 0) is 94.7 Å². The molecule has 0 spiro atoms. The van der Waals surface area contributed by atoms with E-state index in [1.807, 2.05) is 13.0 Å². The third-order valence-electron chi connectivity index (χ3n) is 12.5. The zero-order valence-corrected chi connectivity index (χ0v) is 35.0. The van der Waals surface area contributed by atoms with Crippen LogP contribution < -0.4 is 19.5 Å². The Morgan fingerprint density at radius 1 is 1.14 bits per heavy atom. The van der Waals surface area contributed by atoms with Crippen molar-refractivity contribution in [3.63, 3.8) is 0 Å². The topological polar surface area (TPSA) is 185 Å². The lowest BCUT2D eigenvalue weighted by Crippen LogP contribution is -2.67. The lowest BCUT2D eigenvalue weighted by atomic mass is 9.81. The third kappa shape index (κ3) is 8.83. The van der Waals surface area contributed by atoms with E-state index < -0.39 is 91.9 Å². The van der Waals surface area contributed by atoms with Gasteiger partial charge < -0.3 is 24.8 Å². The molecular weight excluding hydrogens is 796 g/mol. The van der Waals surface area contributed by atoms with Crippen molar-refractivity contribution in [3.8, 4) is 11.6 Å². The van der Waals surface area contributed by atoms with Gasteiger partial charge in [-0.3, -0.25) is 24.0 Å². The number of carboxylic acid groups (broad SMARTS) is 1. The number of carbonyl (C=O) groups is 4. The molecule has 7 atom stereocenters. The number of halogens is 3. The van der Waals surface area contributed by atoms with Crippen LogP contribution in [-0.2, 0) is 24.4 Å². The smallest absolute Gasteiger partial charge is 0.408 e. The number of sulfonamides is 1. The number of hydrogen-bond donors (Lipinski definition) is 3. The third-order valence-corrected chi connectivity index (χ3v) is 14.3. The lowest BCUT2D eigenvalue weighted by Gasteiger charge is -2.47. The molecule has 0 unspecified atom stereocenters. The van der Waals surface area contributed by atoms with E-state index >= 15 is 18.0 Å². The molecular formula is C41H54F3N5O9S. The van der Waals surface area contributed by atoms with Crippen LogP contribution in [0.5, 0.6) is 11.6 Å². The number of amides is 4. The van der Waals surface area contributed by atoms with Gasteiger partial charge in [-0.15, -0.1) is 0 Å². The maximum absolute atomic E-state index is 15.4. The standard InChI is InChI=1S/C41H54F3N5O9S/c1-7-24-17-23(3)11-9-10-12-26-21-41(26,37(52)47-59(55,56)28-13-14-28)46-34(50)31-19-27(58-35-29-20-30(42)32(57-8-2)18-25(29)15-16-45-35)22-48(31)36(51)33(24)49(38(53)54)39(4,5)40(6,43)44/h10,12,15-16,18,20,23-24,26-28,31,33H,7-9,11,13-14,17,19,21-22H2,1-6H3,(H,46,50)(H,47,52)(H,53,54)/t23-,24-,26-,27-,31+,33+,41-/m1/s1. The van der Waals surface area contributed by atoms with E-state index in [1.54, 1.807) is 26.0 Å². The molecule has 2 aromatic rings. The van der Waals surface area contributed by atoms with E-state index in [0.29, 0.717) is 42.9 Å². The summed E-state index contributed by atoms with van der Waals surface area (Å²) in [6, 6.07) is 1.16. The van der Waals surface area contributed by atoms with Crippen LogP contribution in [0.2, 0.25) is 0 Å². The average molecular weight is 850 g/mol. The second-order valence-electron chi connectivity index (χ2n) is 17.0. The number of pyridine rings is 1. The molecule has 3 heterocycles. The van der Waals surface area contributed by atoms with Crippen molar-refractivity contribution in [3.05, 3.63) is 42.4 Å². The van der Waals surface area contributed by atoms with Gasteiger partial charge in [0.2, 0.25) is 27.7 Å². The number of carbonyl (C=O) groups excluding carboxylic acids is 3. The molecule has 324 valence electrons. The van der Waals surface area contributed by atoms with Crippen LogP contribution in [0.4, 0.5) is 18.0 Å². The number of nitrogens with one attached hydrogen (secondary N) is 2. The molecule has 59 heavy (non-hydrogen) atoms. The first-order valence-corrected chi connectivity index (χ1v) is 21.8. The van der Waals surface area contributed by atoms with Crippen molar-refractivity contribution in [1.82, 2.24) is 24.8 Å². The summed E-state index contributed by atoms with van der Waals surface area (Å²) in [5.74, 6) is -8.48. The van der Waals surface area contributed by atoms with E-state index in [1.165, 1.54) is 18.3 Å². The highest BCUT2D eigenvalue weighted by Gasteiger charge is 2.63. The Labute approximate surface area is 342 Å². The van der Waals surface area contributed by atoms with Crippen molar-refractivity contribution >= 4 is 44.6 Å². The van der Waals surface area contributed by atoms with Gasteiger partial charge >= 0.3 is 6.09 Å². The van der Waals surface area contributed by atoms with E-state index in [-0.39, 0.29) is 61.8 Å². The molecule has 14 nitrogen and oxygen atoms in total. The number of ether oxygens (including phenoxy) is 2. The number of benzene rings is 1. The molecule has 1 aromatic carbocycles. The summed E-state index contributed by atoms with van der Waals surface area (Å²) in [5.41, 5.74) is -4.09. The predicted octanol–water partition coefficient (Wildman–Crippen LogP) is 5.79. The molecule has 4 aliphatic rings. The summed E-state index contributed by atoms with van der Waals surface area (Å²) in [6.07, 6.45) is 4.47. The molecule has 1 saturated heterocycles. The average Bonchev–Trinajstić information content (AvgIpc) is 4.08. The molecule has 2 aliphatic carbocycles. The van der Waals surface area contributed by atoms with Crippen molar-refractivity contribution in [2.24, 2.45) is 17.8 Å². The normalized spacial score (nSPS) is 28.1. The summed E-state index contributed by atoms with van der Waals surface area (Å²) >= 11 is 0. The summed E-state index contributed by atoms with van der Waals surface area (Å²) in [4.78, 5) is 62.8. The minimum atomic E-state index is -4.02. The van der Waals surface area contributed by atoms with Crippen LogP contribution in [-0.4, -0.2) is 106 Å². The first-order chi connectivity index (χ1) is 27.6. The van der Waals surface area contributed by atoms with Crippen LogP contribution in [0.1, 0.15) is 92.9 Å². The molecule has 6 rings (SSSR count). The highest BCUT2D eigenvalue weighted by molar-refractivity contribution is 7.91. The number of rotatable bonds is 11. The SMILES string of the molecule is CCOc1cc2ccnc(O[C@@H]3C[C@H]4C(=O)N[C@]5(C(=O)NS(=O)(=O)C6CC6)C[C@H]5C=CCC[C@@H](C)C[C@@H](CC)[C@H](N(C(=O)O)C(C)(C)C(C)(F)F)C(=O)N4C3)c2cc1F. The second kappa shape index (κ2) is 16.4. The highest BCUT2D eigenvalue weighted by Crippen LogP contribution is 2.47. The Hall–Kier alpha value is -4.61. The van der Waals surface area contributed by atoms with Gasteiger partial charge in [-0.2, -0.15) is 0 Å². The summed E-state index contributed by atoms with van der Waals surface area (Å²) < 4.78 is 85.7. The second-order valence-corrected chi connectivity index (χ2v) is 19.0. The quantitative estimate of drug-likeness (QED) is 0.234. The molecule has 2 saturated carbocycles. The number of aromatic nitrogens is 1. The molecule has 3 fully saturated rings. The van der Waals surface area contributed by atoms with Crippen molar-refractivity contribution in [1.29, 1.82) is 0 Å². The van der Waals surface area contributed by atoms with Crippen molar-refractivity contribution in [2.45, 2.75) is 133 Å². The Kier molecular flexibility index (Phi) is 12.3. The Bertz CT molecular complexity index is 2110. The molecule has 4 amide bonds. The van der Waals surface area contributed by atoms with Crippen LogP contribution in [0.25, 0.3) is 10.8 Å². The molecule has 18 heteroatoms. The Morgan fingerprint density at radius 3 is 2.47 bits per heavy atom. The maximum atomic E-state index is 15.4. The van der Waals surface area contributed by atoms with Crippen LogP contribution >= 0.6 is 0 Å². The van der Waals surface area contributed by atoms with E-state index in [4.69, 9.17) is 9.47 Å².